The Balaban J connectivity index is 4.57. The molecule has 0 bridgehead atoms. The van der Waals surface area contributed by atoms with Gasteiger partial charge in [0.25, 0.3) is 0 Å². The molecular weight excluding hydrogens is 755 g/mol. The van der Waals surface area contributed by atoms with Crippen molar-refractivity contribution in [3.8, 4) is 0 Å². The van der Waals surface area contributed by atoms with Crippen LogP contribution < -0.4 is 5.32 Å². The Kier molecular flexibility index (Phi) is 47.6. The van der Waals surface area contributed by atoms with Gasteiger partial charge in [0.2, 0.25) is 5.91 Å². The van der Waals surface area contributed by atoms with Crippen LogP contribution in [0.4, 0.5) is 0 Å². The fourth-order valence-corrected chi connectivity index (χ4v) is 8.10. The molecule has 0 saturated carbocycles. The van der Waals surface area contributed by atoms with Gasteiger partial charge in [0.05, 0.1) is 25.2 Å². The Bertz CT molecular complexity index is 1010. The monoisotopic (exact) mass is 858 g/mol. The maximum Gasteiger partial charge on any atom is 0.306 e. The summed E-state index contributed by atoms with van der Waals surface area (Å²) in [4.78, 5) is 26.2. The maximum absolute atomic E-state index is 13.2. The van der Waals surface area contributed by atoms with Crippen molar-refractivity contribution in [1.82, 2.24) is 5.32 Å². The van der Waals surface area contributed by atoms with Gasteiger partial charge in [-0.05, 0) is 83.5 Å². The number of allylic oxidation sites excluding steroid dienone is 6. The van der Waals surface area contributed by atoms with Gasteiger partial charge in [-0.15, -0.1) is 0 Å². The van der Waals surface area contributed by atoms with Crippen molar-refractivity contribution < 1.29 is 24.5 Å². The predicted octanol–water partition coefficient (Wildman–Crippen LogP) is 16.1. The smallest absolute Gasteiger partial charge is 0.306 e. The van der Waals surface area contributed by atoms with Crippen molar-refractivity contribution in [2.75, 3.05) is 6.61 Å². The van der Waals surface area contributed by atoms with E-state index in [0.29, 0.717) is 19.3 Å². The van der Waals surface area contributed by atoms with Gasteiger partial charge in [0.1, 0.15) is 6.10 Å². The van der Waals surface area contributed by atoms with Crippen LogP contribution in [0.5, 0.6) is 0 Å². The second-order valence-corrected chi connectivity index (χ2v) is 18.3. The molecule has 0 saturated heterocycles. The molecule has 0 aromatic carbocycles. The number of unbranched alkanes of at least 4 members (excludes halogenated alkanes) is 30. The second kappa shape index (κ2) is 49.1. The summed E-state index contributed by atoms with van der Waals surface area (Å²) in [6, 6.07) is -0.703. The fraction of sp³-hybridized carbons (Fsp3) is 0.855. The maximum atomic E-state index is 13.2. The molecule has 0 aromatic rings. The number of rotatable bonds is 48. The molecule has 0 aliphatic heterocycles. The molecule has 0 radical (unpaired) electrons. The Morgan fingerprint density at radius 2 is 0.836 bits per heavy atom. The molecule has 3 atom stereocenters. The lowest BCUT2D eigenvalue weighted by Crippen LogP contribution is -2.46. The Labute approximate surface area is 379 Å². The summed E-state index contributed by atoms with van der Waals surface area (Å²) < 4.78 is 5.94. The number of amides is 1. The highest BCUT2D eigenvalue weighted by Crippen LogP contribution is 2.18. The van der Waals surface area contributed by atoms with Crippen LogP contribution in [0.3, 0.4) is 0 Å². The van der Waals surface area contributed by atoms with Crippen LogP contribution in [-0.4, -0.2) is 46.9 Å². The Hall–Kier alpha value is -1.92. The minimum Gasteiger partial charge on any atom is -0.462 e. The zero-order chi connectivity index (χ0) is 44.5. The van der Waals surface area contributed by atoms with Crippen molar-refractivity contribution in [3.05, 3.63) is 36.5 Å². The number of esters is 1. The van der Waals surface area contributed by atoms with Crippen LogP contribution in [-0.2, 0) is 14.3 Å². The molecule has 0 fully saturated rings. The van der Waals surface area contributed by atoms with Gasteiger partial charge in [-0.1, -0.05) is 218 Å². The van der Waals surface area contributed by atoms with Gasteiger partial charge in [0.15, 0.2) is 0 Å². The van der Waals surface area contributed by atoms with E-state index in [0.717, 1.165) is 77.0 Å². The third-order valence-corrected chi connectivity index (χ3v) is 12.2. The number of hydrogen-bond donors (Lipinski definition) is 3. The largest absolute Gasteiger partial charge is 0.462 e. The van der Waals surface area contributed by atoms with Crippen LogP contribution in [0, 0.1) is 0 Å². The average Bonchev–Trinajstić information content (AvgIpc) is 3.25. The van der Waals surface area contributed by atoms with Crippen molar-refractivity contribution in [2.45, 2.75) is 296 Å². The van der Waals surface area contributed by atoms with Crippen molar-refractivity contribution in [2.24, 2.45) is 0 Å². The van der Waals surface area contributed by atoms with Crippen molar-refractivity contribution in [1.29, 1.82) is 0 Å². The minimum atomic E-state index is -0.788. The summed E-state index contributed by atoms with van der Waals surface area (Å²) in [6.07, 6.45) is 57.8. The first-order valence-electron chi connectivity index (χ1n) is 26.7. The molecular formula is C55H103NO5. The molecule has 0 rings (SSSR count). The normalized spacial score (nSPS) is 13.5. The third kappa shape index (κ3) is 44.5. The molecule has 6 heteroatoms. The van der Waals surface area contributed by atoms with E-state index in [-0.39, 0.29) is 24.9 Å². The quantitative estimate of drug-likeness (QED) is 0.0322. The highest BCUT2D eigenvalue weighted by atomic mass is 16.5. The first-order valence-corrected chi connectivity index (χ1v) is 26.7. The van der Waals surface area contributed by atoms with E-state index in [2.05, 4.69) is 62.5 Å². The van der Waals surface area contributed by atoms with E-state index in [1.54, 1.807) is 0 Å². The molecule has 0 aliphatic rings. The lowest BCUT2D eigenvalue weighted by atomic mass is 10.0. The Morgan fingerprint density at radius 1 is 0.475 bits per heavy atom. The fourth-order valence-electron chi connectivity index (χ4n) is 8.10. The predicted molar refractivity (Wildman–Crippen MR) is 264 cm³/mol. The van der Waals surface area contributed by atoms with E-state index in [1.807, 2.05) is 0 Å². The van der Waals surface area contributed by atoms with Crippen LogP contribution in [0.1, 0.15) is 278 Å². The topological polar surface area (TPSA) is 95.9 Å². The van der Waals surface area contributed by atoms with Crippen molar-refractivity contribution >= 4 is 11.9 Å². The lowest BCUT2D eigenvalue weighted by Gasteiger charge is -2.24. The molecule has 1 amide bonds. The standard InChI is InChI=1S/C55H103NO5/c1-4-7-10-13-16-19-21-23-25-27-28-30-32-35-37-40-43-46-51(49-54(59)56-52(50-57)53(58)47-44-41-38-34-18-15-12-9-6-3)61-55(60)48-45-42-39-36-33-31-29-26-24-22-20-17-14-11-8-5-2/h16,19,23,25-26,29,51-53,57-58H,4-15,17-18,20-22,24,27-28,30-50H2,1-3H3,(H,56,59)/b19-16-,25-23-,29-26+. The number of carbonyl (C=O) groups is 2. The average molecular weight is 858 g/mol. The molecule has 0 aliphatic carbocycles. The molecule has 0 heterocycles. The number of aliphatic hydroxyl groups is 2. The summed E-state index contributed by atoms with van der Waals surface area (Å²) in [5.74, 6) is -0.483. The zero-order valence-electron chi connectivity index (χ0n) is 40.8. The number of hydrogen-bond acceptors (Lipinski definition) is 5. The van der Waals surface area contributed by atoms with Crippen LogP contribution in [0.15, 0.2) is 36.5 Å². The summed E-state index contributed by atoms with van der Waals surface area (Å²) in [7, 11) is 0. The molecule has 6 nitrogen and oxygen atoms in total. The highest BCUT2D eigenvalue weighted by molar-refractivity contribution is 5.77. The van der Waals surface area contributed by atoms with Gasteiger partial charge in [-0.25, -0.2) is 0 Å². The van der Waals surface area contributed by atoms with E-state index in [4.69, 9.17) is 4.74 Å². The minimum absolute atomic E-state index is 0.0711. The van der Waals surface area contributed by atoms with Gasteiger partial charge in [0, 0.05) is 6.42 Å². The van der Waals surface area contributed by atoms with Gasteiger partial charge < -0.3 is 20.3 Å². The molecule has 3 N–H and O–H groups in total. The van der Waals surface area contributed by atoms with Gasteiger partial charge in [-0.2, -0.15) is 0 Å². The first kappa shape index (κ1) is 59.1. The number of carbonyl (C=O) groups excluding carboxylic acids is 2. The van der Waals surface area contributed by atoms with E-state index < -0.39 is 18.2 Å². The third-order valence-electron chi connectivity index (χ3n) is 12.2. The van der Waals surface area contributed by atoms with Crippen LogP contribution in [0.2, 0.25) is 0 Å². The second-order valence-electron chi connectivity index (χ2n) is 18.3. The van der Waals surface area contributed by atoms with Gasteiger partial charge in [-0.3, -0.25) is 9.59 Å². The molecule has 358 valence electrons. The molecule has 61 heavy (non-hydrogen) atoms. The first-order chi connectivity index (χ1) is 30.0. The van der Waals surface area contributed by atoms with E-state index >= 15 is 0 Å². The summed E-state index contributed by atoms with van der Waals surface area (Å²) in [6.45, 7) is 6.45. The zero-order valence-corrected chi connectivity index (χ0v) is 40.8. The summed E-state index contributed by atoms with van der Waals surface area (Å²) >= 11 is 0. The molecule has 0 aromatic heterocycles. The highest BCUT2D eigenvalue weighted by Gasteiger charge is 2.24. The molecule has 3 unspecified atom stereocenters. The lowest BCUT2D eigenvalue weighted by molar-refractivity contribution is -0.151. The van der Waals surface area contributed by atoms with E-state index in [1.165, 1.54) is 154 Å². The SMILES string of the molecule is CCCCC/C=C\C/C=C\CCCCCCCCCC(CC(=O)NC(CO)C(O)CCCCCCCCCCC)OC(=O)CCCCCCC/C=C/CCCCCCCCC. The number of nitrogens with one attached hydrogen (secondary N) is 1. The Morgan fingerprint density at radius 3 is 1.30 bits per heavy atom. The number of aliphatic hydroxyl groups excluding tert-OH is 2. The van der Waals surface area contributed by atoms with E-state index in [9.17, 15) is 19.8 Å². The van der Waals surface area contributed by atoms with Crippen LogP contribution in [0.25, 0.3) is 0 Å². The number of ether oxygens (including phenoxy) is 1. The van der Waals surface area contributed by atoms with Crippen molar-refractivity contribution in [3.63, 3.8) is 0 Å². The summed E-state index contributed by atoms with van der Waals surface area (Å²) in [5, 5.41) is 23.7. The van der Waals surface area contributed by atoms with Crippen LogP contribution >= 0.6 is 0 Å². The molecule has 0 spiro atoms. The summed E-state index contributed by atoms with van der Waals surface area (Å²) in [5.41, 5.74) is 0. The van der Waals surface area contributed by atoms with Gasteiger partial charge >= 0.3 is 5.97 Å².